The van der Waals surface area contributed by atoms with E-state index in [0.717, 1.165) is 23.7 Å². The highest BCUT2D eigenvalue weighted by Gasteiger charge is 2.16. The minimum atomic E-state index is -0.0697. The van der Waals surface area contributed by atoms with E-state index >= 15 is 0 Å². The van der Waals surface area contributed by atoms with E-state index in [2.05, 4.69) is 18.8 Å². The molecule has 0 N–H and O–H groups in total. The molecule has 0 unspecified atom stereocenters. The van der Waals surface area contributed by atoms with Gasteiger partial charge in [-0.1, -0.05) is 32.0 Å². The lowest BCUT2D eigenvalue weighted by molar-refractivity contribution is 0.0782. The highest BCUT2D eigenvalue weighted by atomic mass is 16.5. The molecule has 1 amide bonds. The van der Waals surface area contributed by atoms with Gasteiger partial charge in [-0.15, -0.1) is 0 Å². The van der Waals surface area contributed by atoms with E-state index < -0.39 is 0 Å². The van der Waals surface area contributed by atoms with Crippen LogP contribution in [0.2, 0.25) is 0 Å². The fourth-order valence-corrected chi connectivity index (χ4v) is 2.18. The molecule has 4 nitrogen and oxygen atoms in total. The predicted octanol–water partition coefficient (Wildman–Crippen LogP) is 3.36. The van der Waals surface area contributed by atoms with Gasteiger partial charge in [-0.25, -0.2) is 4.98 Å². The van der Waals surface area contributed by atoms with Gasteiger partial charge in [-0.3, -0.25) is 4.79 Å². The van der Waals surface area contributed by atoms with Crippen LogP contribution in [0.1, 0.15) is 30.8 Å². The summed E-state index contributed by atoms with van der Waals surface area (Å²) in [6.45, 7) is 5.03. The zero-order valence-electron chi connectivity index (χ0n) is 13.1. The molecule has 0 aliphatic heterocycles. The SMILES string of the molecule is COc1nc(C(=O)N(C)CCC(C)C)cc2ccccc12. The number of methoxy groups -OCH3 is 1. The largest absolute Gasteiger partial charge is 0.481 e. The number of amides is 1. The van der Waals surface area contributed by atoms with Gasteiger partial charge in [0.15, 0.2) is 0 Å². The third-order valence-electron chi connectivity index (χ3n) is 3.51. The van der Waals surface area contributed by atoms with Crippen LogP contribution < -0.4 is 4.74 Å². The Kier molecular flexibility index (Phi) is 4.78. The second-order valence-electron chi connectivity index (χ2n) is 5.65. The van der Waals surface area contributed by atoms with Gasteiger partial charge in [0.05, 0.1) is 7.11 Å². The lowest BCUT2D eigenvalue weighted by Gasteiger charge is -2.18. The van der Waals surface area contributed by atoms with Crippen LogP contribution in [-0.2, 0) is 0 Å². The molecule has 0 aliphatic rings. The van der Waals surface area contributed by atoms with Crippen molar-refractivity contribution in [1.29, 1.82) is 0 Å². The maximum Gasteiger partial charge on any atom is 0.272 e. The van der Waals surface area contributed by atoms with Gasteiger partial charge in [0, 0.05) is 19.0 Å². The molecule has 0 fully saturated rings. The smallest absolute Gasteiger partial charge is 0.272 e. The van der Waals surface area contributed by atoms with Crippen molar-refractivity contribution in [2.24, 2.45) is 5.92 Å². The van der Waals surface area contributed by atoms with Crippen molar-refractivity contribution in [3.05, 3.63) is 36.0 Å². The Labute approximate surface area is 125 Å². The Morgan fingerprint density at radius 3 is 2.71 bits per heavy atom. The van der Waals surface area contributed by atoms with Gasteiger partial charge in [0.25, 0.3) is 5.91 Å². The van der Waals surface area contributed by atoms with Crippen LogP contribution in [0, 0.1) is 5.92 Å². The molecule has 1 heterocycles. The monoisotopic (exact) mass is 286 g/mol. The number of hydrogen-bond acceptors (Lipinski definition) is 3. The van der Waals surface area contributed by atoms with Crippen molar-refractivity contribution < 1.29 is 9.53 Å². The van der Waals surface area contributed by atoms with Crippen LogP contribution in [0.5, 0.6) is 5.88 Å². The molecule has 0 radical (unpaired) electrons. The molecule has 2 aromatic rings. The highest BCUT2D eigenvalue weighted by Crippen LogP contribution is 2.24. The van der Waals surface area contributed by atoms with Crippen LogP contribution in [0.3, 0.4) is 0 Å². The summed E-state index contributed by atoms with van der Waals surface area (Å²) < 4.78 is 5.31. The topological polar surface area (TPSA) is 42.4 Å². The first-order valence-electron chi connectivity index (χ1n) is 7.22. The molecule has 1 aromatic carbocycles. The molecule has 21 heavy (non-hydrogen) atoms. The fourth-order valence-electron chi connectivity index (χ4n) is 2.18. The van der Waals surface area contributed by atoms with Crippen molar-refractivity contribution in [2.75, 3.05) is 20.7 Å². The maximum atomic E-state index is 12.5. The first kappa shape index (κ1) is 15.3. The maximum absolute atomic E-state index is 12.5. The van der Waals surface area contributed by atoms with Crippen molar-refractivity contribution >= 4 is 16.7 Å². The molecular formula is C17H22N2O2. The van der Waals surface area contributed by atoms with E-state index in [9.17, 15) is 4.79 Å². The number of carbonyl (C=O) groups is 1. The normalized spacial score (nSPS) is 10.9. The number of ether oxygens (including phenoxy) is 1. The van der Waals surface area contributed by atoms with Gasteiger partial charge in [0.2, 0.25) is 5.88 Å². The predicted molar refractivity (Wildman–Crippen MR) is 84.7 cm³/mol. The number of aromatic nitrogens is 1. The van der Waals surface area contributed by atoms with Gasteiger partial charge in [-0.05, 0) is 29.9 Å². The van der Waals surface area contributed by atoms with Crippen molar-refractivity contribution in [3.63, 3.8) is 0 Å². The standard InChI is InChI=1S/C17H22N2O2/c1-12(2)9-10-19(3)17(20)15-11-13-7-5-6-8-14(13)16(18-15)21-4/h5-8,11-12H,9-10H2,1-4H3. The lowest BCUT2D eigenvalue weighted by Crippen LogP contribution is -2.29. The summed E-state index contributed by atoms with van der Waals surface area (Å²) in [5, 5.41) is 1.88. The minimum absolute atomic E-state index is 0.0697. The third-order valence-corrected chi connectivity index (χ3v) is 3.51. The Balaban J connectivity index is 2.31. The molecule has 0 atom stereocenters. The van der Waals surface area contributed by atoms with Crippen LogP contribution in [0.15, 0.2) is 30.3 Å². The summed E-state index contributed by atoms with van der Waals surface area (Å²) in [6.07, 6.45) is 0.979. The number of hydrogen-bond donors (Lipinski definition) is 0. The number of rotatable bonds is 5. The van der Waals surface area contributed by atoms with E-state index in [-0.39, 0.29) is 5.91 Å². The third kappa shape index (κ3) is 3.51. The fraction of sp³-hybridized carbons (Fsp3) is 0.412. The average molecular weight is 286 g/mol. The van der Waals surface area contributed by atoms with Gasteiger partial charge < -0.3 is 9.64 Å². The molecular weight excluding hydrogens is 264 g/mol. The van der Waals surface area contributed by atoms with Crippen LogP contribution in [-0.4, -0.2) is 36.5 Å². The Morgan fingerprint density at radius 1 is 1.33 bits per heavy atom. The van der Waals surface area contributed by atoms with Crippen molar-refractivity contribution in [2.45, 2.75) is 20.3 Å². The van der Waals surface area contributed by atoms with Crippen LogP contribution >= 0.6 is 0 Å². The Morgan fingerprint density at radius 2 is 2.05 bits per heavy atom. The van der Waals surface area contributed by atoms with E-state index in [1.165, 1.54) is 0 Å². The summed E-state index contributed by atoms with van der Waals surface area (Å²) in [5.74, 6) is 0.993. The number of fused-ring (bicyclic) bond motifs is 1. The first-order valence-corrected chi connectivity index (χ1v) is 7.22. The van der Waals surface area contributed by atoms with Crippen LogP contribution in [0.25, 0.3) is 10.8 Å². The van der Waals surface area contributed by atoms with Crippen molar-refractivity contribution in [3.8, 4) is 5.88 Å². The summed E-state index contributed by atoms with van der Waals surface area (Å²) in [6, 6.07) is 9.61. The van der Waals surface area contributed by atoms with E-state index in [1.54, 1.807) is 12.0 Å². The summed E-state index contributed by atoms with van der Waals surface area (Å²) in [4.78, 5) is 18.5. The molecule has 0 saturated heterocycles. The number of pyridine rings is 1. The van der Waals surface area contributed by atoms with Gasteiger partial charge in [-0.2, -0.15) is 0 Å². The minimum Gasteiger partial charge on any atom is -0.481 e. The molecule has 0 spiro atoms. The molecule has 0 bridgehead atoms. The molecule has 0 saturated carbocycles. The van der Waals surface area contributed by atoms with Crippen molar-refractivity contribution in [1.82, 2.24) is 9.88 Å². The van der Waals surface area contributed by atoms with Gasteiger partial charge in [0.1, 0.15) is 5.69 Å². The molecule has 2 rings (SSSR count). The zero-order valence-corrected chi connectivity index (χ0v) is 13.1. The zero-order chi connectivity index (χ0) is 15.4. The summed E-state index contributed by atoms with van der Waals surface area (Å²) >= 11 is 0. The Hall–Kier alpha value is -2.10. The first-order chi connectivity index (χ1) is 10.0. The molecule has 112 valence electrons. The average Bonchev–Trinajstić information content (AvgIpc) is 2.50. The second kappa shape index (κ2) is 6.57. The molecule has 4 heteroatoms. The quantitative estimate of drug-likeness (QED) is 0.846. The van der Waals surface area contributed by atoms with E-state index in [1.807, 2.05) is 37.4 Å². The second-order valence-corrected chi connectivity index (χ2v) is 5.65. The number of carbonyl (C=O) groups excluding carboxylic acids is 1. The summed E-state index contributed by atoms with van der Waals surface area (Å²) in [7, 11) is 3.39. The summed E-state index contributed by atoms with van der Waals surface area (Å²) in [5.41, 5.74) is 0.428. The lowest BCUT2D eigenvalue weighted by atomic mass is 10.1. The number of nitrogens with zero attached hydrogens (tertiary/aromatic N) is 2. The van der Waals surface area contributed by atoms with Gasteiger partial charge >= 0.3 is 0 Å². The molecule has 0 aliphatic carbocycles. The number of benzene rings is 1. The molecule has 1 aromatic heterocycles. The van der Waals surface area contributed by atoms with E-state index in [4.69, 9.17) is 4.74 Å². The van der Waals surface area contributed by atoms with E-state index in [0.29, 0.717) is 17.5 Å². The highest BCUT2D eigenvalue weighted by molar-refractivity contribution is 5.98. The van der Waals surface area contributed by atoms with Crippen LogP contribution in [0.4, 0.5) is 0 Å². The Bertz CT molecular complexity index is 638.